The monoisotopic (exact) mass is 237 g/mol. The number of hydrogen-bond donors (Lipinski definition) is 0. The molecule has 0 fully saturated rings. The Balaban J connectivity index is 3.14. The van der Waals surface area contributed by atoms with Crippen molar-refractivity contribution in [3.63, 3.8) is 0 Å². The van der Waals surface area contributed by atoms with Crippen LogP contribution in [0.1, 0.15) is 30.5 Å². The van der Waals surface area contributed by atoms with E-state index >= 15 is 0 Å². The molecule has 2 nitrogen and oxygen atoms in total. The van der Waals surface area contributed by atoms with E-state index in [4.69, 9.17) is 21.6 Å². The van der Waals surface area contributed by atoms with Gasteiger partial charge in [-0.25, -0.2) is 0 Å². The molecule has 86 valence electrons. The first kappa shape index (κ1) is 12.9. The van der Waals surface area contributed by atoms with Crippen molar-refractivity contribution < 1.29 is 4.74 Å². The maximum atomic E-state index is 9.09. The van der Waals surface area contributed by atoms with Crippen LogP contribution in [0.5, 0.6) is 5.75 Å². The third kappa shape index (κ3) is 2.68. The molecule has 3 heteroatoms. The SMILES string of the molecule is Cc1cc(OCC(C)C)c(C#N)c(C)c1Cl. The Morgan fingerprint density at radius 1 is 1.44 bits per heavy atom. The van der Waals surface area contributed by atoms with Crippen LogP contribution in [0.15, 0.2) is 6.07 Å². The molecular weight excluding hydrogens is 222 g/mol. The molecule has 0 N–H and O–H groups in total. The Morgan fingerprint density at radius 3 is 2.56 bits per heavy atom. The van der Waals surface area contributed by atoms with Crippen molar-refractivity contribution in [2.45, 2.75) is 27.7 Å². The minimum absolute atomic E-state index is 0.433. The number of hydrogen-bond acceptors (Lipinski definition) is 2. The fourth-order valence-electron chi connectivity index (χ4n) is 1.43. The summed E-state index contributed by atoms with van der Waals surface area (Å²) in [6.07, 6.45) is 0. The van der Waals surface area contributed by atoms with Crippen LogP contribution < -0.4 is 4.74 Å². The van der Waals surface area contributed by atoms with Crippen LogP contribution in [0.2, 0.25) is 5.02 Å². The minimum atomic E-state index is 0.433. The van der Waals surface area contributed by atoms with Gasteiger partial charge in [0.15, 0.2) is 0 Å². The summed E-state index contributed by atoms with van der Waals surface area (Å²) in [7, 11) is 0. The average molecular weight is 238 g/mol. The van der Waals surface area contributed by atoms with Crippen molar-refractivity contribution in [1.82, 2.24) is 0 Å². The maximum Gasteiger partial charge on any atom is 0.137 e. The van der Waals surface area contributed by atoms with Gasteiger partial charge in [-0.15, -0.1) is 0 Å². The van der Waals surface area contributed by atoms with Crippen molar-refractivity contribution in [3.8, 4) is 11.8 Å². The molecule has 0 aromatic heterocycles. The molecule has 16 heavy (non-hydrogen) atoms. The van der Waals surface area contributed by atoms with E-state index in [2.05, 4.69) is 19.9 Å². The normalized spacial score (nSPS) is 10.3. The average Bonchev–Trinajstić information content (AvgIpc) is 2.23. The van der Waals surface area contributed by atoms with Crippen molar-refractivity contribution in [2.24, 2.45) is 5.92 Å². The largest absolute Gasteiger partial charge is 0.492 e. The van der Waals surface area contributed by atoms with Gasteiger partial charge in [-0.2, -0.15) is 5.26 Å². The Hall–Kier alpha value is -1.20. The Kier molecular flexibility index (Phi) is 4.20. The molecule has 1 rings (SSSR count). The molecule has 0 bridgehead atoms. The van der Waals surface area contributed by atoms with E-state index in [1.54, 1.807) is 0 Å². The molecule has 0 saturated carbocycles. The van der Waals surface area contributed by atoms with Crippen LogP contribution in [-0.4, -0.2) is 6.61 Å². The highest BCUT2D eigenvalue weighted by Crippen LogP contribution is 2.31. The summed E-state index contributed by atoms with van der Waals surface area (Å²) in [5, 5.41) is 9.74. The number of rotatable bonds is 3. The van der Waals surface area contributed by atoms with Crippen LogP contribution in [0.4, 0.5) is 0 Å². The summed E-state index contributed by atoms with van der Waals surface area (Å²) in [6.45, 7) is 8.51. The highest BCUT2D eigenvalue weighted by atomic mass is 35.5. The first-order chi connectivity index (χ1) is 7.47. The molecule has 0 aliphatic heterocycles. The Bertz CT molecular complexity index is 433. The summed E-state index contributed by atoms with van der Waals surface area (Å²) in [6, 6.07) is 3.98. The fourth-order valence-corrected chi connectivity index (χ4v) is 1.58. The zero-order valence-corrected chi connectivity index (χ0v) is 10.9. The van der Waals surface area contributed by atoms with Crippen molar-refractivity contribution in [2.75, 3.05) is 6.61 Å². The fraction of sp³-hybridized carbons (Fsp3) is 0.462. The number of halogens is 1. The second-order valence-electron chi connectivity index (χ2n) is 4.32. The quantitative estimate of drug-likeness (QED) is 0.800. The lowest BCUT2D eigenvalue weighted by Gasteiger charge is -2.13. The summed E-state index contributed by atoms with van der Waals surface area (Å²) < 4.78 is 5.62. The van der Waals surface area contributed by atoms with Gasteiger partial charge in [-0.05, 0) is 37.0 Å². The zero-order chi connectivity index (χ0) is 12.3. The number of benzene rings is 1. The van der Waals surface area contributed by atoms with Gasteiger partial charge in [-0.1, -0.05) is 25.4 Å². The zero-order valence-electron chi connectivity index (χ0n) is 10.1. The number of ether oxygens (including phenoxy) is 1. The molecule has 0 radical (unpaired) electrons. The molecular formula is C13H16ClNO. The van der Waals surface area contributed by atoms with E-state index in [0.717, 1.165) is 11.1 Å². The predicted octanol–water partition coefficient (Wildman–Crippen LogP) is 3.86. The van der Waals surface area contributed by atoms with Gasteiger partial charge in [0, 0.05) is 5.02 Å². The molecule has 0 amide bonds. The van der Waals surface area contributed by atoms with Crippen LogP contribution >= 0.6 is 11.6 Å². The summed E-state index contributed by atoms with van der Waals surface area (Å²) in [4.78, 5) is 0. The van der Waals surface area contributed by atoms with Gasteiger partial charge in [0.25, 0.3) is 0 Å². The first-order valence-corrected chi connectivity index (χ1v) is 5.67. The van der Waals surface area contributed by atoms with Crippen LogP contribution in [-0.2, 0) is 0 Å². The highest BCUT2D eigenvalue weighted by Gasteiger charge is 2.13. The minimum Gasteiger partial charge on any atom is -0.492 e. The molecule has 1 aromatic rings. The first-order valence-electron chi connectivity index (χ1n) is 5.30. The number of aryl methyl sites for hydroxylation is 1. The Labute approximate surface area is 102 Å². The second kappa shape index (κ2) is 5.23. The lowest BCUT2D eigenvalue weighted by molar-refractivity contribution is 0.270. The van der Waals surface area contributed by atoms with Gasteiger partial charge in [-0.3, -0.25) is 0 Å². The standard InChI is InChI=1S/C13H16ClNO/c1-8(2)7-16-12-5-9(3)13(14)10(4)11(12)6-15/h5,8H,7H2,1-4H3. The second-order valence-corrected chi connectivity index (χ2v) is 4.70. The third-order valence-electron chi connectivity index (χ3n) is 2.33. The van der Waals surface area contributed by atoms with Crippen molar-refractivity contribution in [3.05, 3.63) is 27.8 Å². The lowest BCUT2D eigenvalue weighted by Crippen LogP contribution is -2.06. The van der Waals surface area contributed by atoms with Crippen LogP contribution in [0, 0.1) is 31.1 Å². The molecule has 0 spiro atoms. The molecule has 0 atom stereocenters. The summed E-state index contributed by atoms with van der Waals surface area (Å²) in [5.41, 5.74) is 2.27. The number of nitrogens with zero attached hydrogens (tertiary/aromatic N) is 1. The van der Waals surface area contributed by atoms with Gasteiger partial charge in [0.1, 0.15) is 11.8 Å². The Morgan fingerprint density at radius 2 is 2.06 bits per heavy atom. The number of nitriles is 1. The highest BCUT2D eigenvalue weighted by molar-refractivity contribution is 6.32. The smallest absolute Gasteiger partial charge is 0.137 e. The van der Waals surface area contributed by atoms with Gasteiger partial charge in [0.2, 0.25) is 0 Å². The van der Waals surface area contributed by atoms with Gasteiger partial charge in [0.05, 0.1) is 12.2 Å². The molecule has 1 aromatic carbocycles. The van der Waals surface area contributed by atoms with Crippen LogP contribution in [0.3, 0.4) is 0 Å². The summed E-state index contributed by atoms with van der Waals surface area (Å²) >= 11 is 6.09. The lowest BCUT2D eigenvalue weighted by atomic mass is 10.1. The molecule has 0 aliphatic carbocycles. The topological polar surface area (TPSA) is 33.0 Å². The maximum absolute atomic E-state index is 9.09. The molecule has 0 saturated heterocycles. The van der Waals surface area contributed by atoms with E-state index in [1.807, 2.05) is 19.9 Å². The third-order valence-corrected chi connectivity index (χ3v) is 2.91. The van der Waals surface area contributed by atoms with Gasteiger partial charge < -0.3 is 4.74 Å². The van der Waals surface area contributed by atoms with E-state index in [9.17, 15) is 0 Å². The summed E-state index contributed by atoms with van der Waals surface area (Å²) in [5.74, 6) is 1.07. The van der Waals surface area contributed by atoms with Crippen molar-refractivity contribution in [1.29, 1.82) is 5.26 Å². The van der Waals surface area contributed by atoms with Crippen LogP contribution in [0.25, 0.3) is 0 Å². The van der Waals surface area contributed by atoms with Gasteiger partial charge >= 0.3 is 0 Å². The molecule has 0 unspecified atom stereocenters. The van der Waals surface area contributed by atoms with E-state index < -0.39 is 0 Å². The van der Waals surface area contributed by atoms with Crippen molar-refractivity contribution >= 4 is 11.6 Å². The van der Waals surface area contributed by atoms with E-state index in [-0.39, 0.29) is 0 Å². The molecule has 0 heterocycles. The molecule has 0 aliphatic rings. The predicted molar refractivity (Wildman–Crippen MR) is 66.0 cm³/mol. The van der Waals surface area contributed by atoms with E-state index in [0.29, 0.717) is 28.9 Å². The van der Waals surface area contributed by atoms with E-state index in [1.165, 1.54) is 0 Å².